The molecule has 2 amide bonds. The van der Waals surface area contributed by atoms with Gasteiger partial charge in [0.2, 0.25) is 11.9 Å². The van der Waals surface area contributed by atoms with E-state index in [1.807, 2.05) is 71.4 Å². The number of ether oxygens (including phenoxy) is 2. The summed E-state index contributed by atoms with van der Waals surface area (Å²) in [5, 5.41) is 23.3. The van der Waals surface area contributed by atoms with Crippen LogP contribution in [0.3, 0.4) is 0 Å². The first-order chi connectivity index (χ1) is 24.7. The molecule has 3 aliphatic heterocycles. The zero-order valence-corrected chi connectivity index (χ0v) is 29.1. The largest absolute Gasteiger partial charge is 0.491 e. The van der Waals surface area contributed by atoms with Gasteiger partial charge in [0.05, 0.1) is 45.5 Å². The van der Waals surface area contributed by atoms with Crippen LogP contribution in [0.2, 0.25) is 0 Å². The summed E-state index contributed by atoms with van der Waals surface area (Å²) in [7, 11) is 1.62. The lowest BCUT2D eigenvalue weighted by Crippen LogP contribution is -2.74. The average Bonchev–Trinajstić information content (AvgIpc) is 3.87. The van der Waals surface area contributed by atoms with Gasteiger partial charge < -0.3 is 19.9 Å². The van der Waals surface area contributed by atoms with Crippen molar-refractivity contribution in [3.63, 3.8) is 0 Å². The zero-order valence-electron chi connectivity index (χ0n) is 29.1. The predicted octanol–water partition coefficient (Wildman–Crippen LogP) is 4.59. The Kier molecular flexibility index (Phi) is 9.78. The summed E-state index contributed by atoms with van der Waals surface area (Å²) in [4.78, 5) is 21.6. The normalized spacial score (nSPS) is 26.8. The summed E-state index contributed by atoms with van der Waals surface area (Å²) >= 11 is 0. The maximum atomic E-state index is 15.8. The molecule has 12 nitrogen and oxygen atoms in total. The molecule has 3 saturated heterocycles. The number of carbonyl (C=O) groups excluding carboxylic acids is 1. The summed E-state index contributed by atoms with van der Waals surface area (Å²) in [6.45, 7) is 6.38. The molecule has 1 aromatic heterocycles. The molecule has 0 aliphatic carbocycles. The number of aliphatic hydroxyl groups excluding tert-OH is 1. The number of quaternary nitrogens is 1. The first-order valence-corrected chi connectivity index (χ1v) is 17.5. The Hall–Kier alpha value is -4.47. The highest BCUT2D eigenvalue weighted by Gasteiger charge is 2.69. The fourth-order valence-electron chi connectivity index (χ4n) is 8.38. The van der Waals surface area contributed by atoms with Gasteiger partial charge in [0.15, 0.2) is 5.75 Å². The average molecular weight is 704 g/mol. The lowest BCUT2D eigenvalue weighted by Gasteiger charge is -2.51. The highest BCUT2D eigenvalue weighted by atomic mass is 19.1. The summed E-state index contributed by atoms with van der Waals surface area (Å²) in [6.07, 6.45) is 2.00. The minimum absolute atomic E-state index is 0.0629. The number of halogens is 2. The summed E-state index contributed by atoms with van der Waals surface area (Å²) in [5.41, 5.74) is 0.460. The molecule has 0 radical (unpaired) electrons. The van der Waals surface area contributed by atoms with E-state index in [0.717, 1.165) is 17.3 Å². The Balaban J connectivity index is 1.47. The number of aliphatic hydroxyl groups is 1. The highest BCUT2D eigenvalue weighted by Crippen LogP contribution is 2.54. The van der Waals surface area contributed by atoms with E-state index in [0.29, 0.717) is 38.3 Å². The molecule has 270 valence electrons. The molecule has 2 N–H and O–H groups in total. The number of aromatic nitrogens is 3. The Morgan fingerprint density at radius 1 is 1.10 bits per heavy atom. The van der Waals surface area contributed by atoms with Crippen LogP contribution in [-0.4, -0.2) is 98.9 Å². The first kappa shape index (κ1) is 35.0. The Labute approximate surface area is 296 Å². The molecule has 0 saturated carbocycles. The molecule has 5 unspecified atom stereocenters. The molecule has 3 fully saturated rings. The number of urea groups is 1. The lowest BCUT2D eigenvalue weighted by atomic mass is 9.88. The van der Waals surface area contributed by atoms with Crippen molar-refractivity contribution in [3.05, 3.63) is 108 Å². The molecular formula is C37H45F2N8O4+. The Bertz CT molecular complexity index is 1810. The van der Waals surface area contributed by atoms with Crippen LogP contribution in [0.1, 0.15) is 44.0 Å². The number of rotatable bonds is 11. The molecule has 51 heavy (non-hydrogen) atoms. The third kappa shape index (κ3) is 5.94. The molecule has 14 heteroatoms. The lowest BCUT2D eigenvalue weighted by molar-refractivity contribution is -0.193. The number of piperazine rings is 1. The van der Waals surface area contributed by atoms with Gasteiger partial charge in [-0.1, -0.05) is 60.2 Å². The highest BCUT2D eigenvalue weighted by molar-refractivity contribution is 5.81. The molecule has 3 aliphatic rings. The van der Waals surface area contributed by atoms with Crippen LogP contribution in [-0.2, 0) is 16.9 Å². The second kappa shape index (κ2) is 14.3. The van der Waals surface area contributed by atoms with Gasteiger partial charge in [-0.25, -0.2) is 23.2 Å². The molecule has 4 heterocycles. The van der Waals surface area contributed by atoms with Crippen LogP contribution in [0.5, 0.6) is 5.75 Å². The van der Waals surface area contributed by atoms with Crippen LogP contribution < -0.4 is 14.8 Å². The fraction of sp³-hybridized carbons (Fsp3) is 0.432. The number of amides is 2. The minimum Gasteiger partial charge on any atom is -0.491 e. The molecule has 6 atom stereocenters. The van der Waals surface area contributed by atoms with E-state index < -0.39 is 41.6 Å². The second-order valence-electron chi connectivity index (χ2n) is 13.4. The SMILES string of the molecule is CCC([C@@H](C)O)N1C(=O)N(C2COC(Cn3cncn3)(c3ccc(F)cc3F)C2)C(c2ccccc2)[N+]1(c1ccccc1OC)N1CCNCC1. The van der Waals surface area contributed by atoms with Crippen LogP contribution in [0.4, 0.5) is 19.3 Å². The number of hydrogen-bond donors (Lipinski definition) is 2. The number of carbonyl (C=O) groups is 1. The van der Waals surface area contributed by atoms with Crippen molar-refractivity contribution in [2.75, 3.05) is 39.9 Å². The van der Waals surface area contributed by atoms with Crippen LogP contribution in [0, 0.1) is 11.6 Å². The molecule has 0 bridgehead atoms. The van der Waals surface area contributed by atoms with Crippen molar-refractivity contribution in [3.8, 4) is 5.75 Å². The van der Waals surface area contributed by atoms with E-state index >= 15 is 9.18 Å². The van der Waals surface area contributed by atoms with Gasteiger partial charge >= 0.3 is 6.03 Å². The van der Waals surface area contributed by atoms with Crippen LogP contribution >= 0.6 is 0 Å². The van der Waals surface area contributed by atoms with Crippen LogP contribution in [0.25, 0.3) is 0 Å². The van der Waals surface area contributed by atoms with E-state index in [-0.39, 0.29) is 35.9 Å². The molecule has 7 rings (SSSR count). The van der Waals surface area contributed by atoms with Crippen molar-refractivity contribution >= 4 is 11.7 Å². The maximum Gasteiger partial charge on any atom is 0.372 e. The van der Waals surface area contributed by atoms with Gasteiger partial charge in [-0.05, 0) is 25.5 Å². The van der Waals surface area contributed by atoms with Crippen molar-refractivity contribution < 1.29 is 28.2 Å². The smallest absolute Gasteiger partial charge is 0.372 e. The third-order valence-corrected chi connectivity index (χ3v) is 10.5. The molecule has 3 aromatic carbocycles. The number of benzene rings is 3. The van der Waals surface area contributed by atoms with Crippen molar-refractivity contribution in [1.82, 2.24) is 39.7 Å². The number of nitrogens with zero attached hydrogens (tertiary/aromatic N) is 7. The van der Waals surface area contributed by atoms with Crippen molar-refractivity contribution in [1.29, 1.82) is 0 Å². The van der Waals surface area contributed by atoms with Crippen LogP contribution in [0.15, 0.2) is 85.5 Å². The first-order valence-electron chi connectivity index (χ1n) is 17.5. The number of para-hydroxylation sites is 2. The molecule has 4 aromatic rings. The molecular weight excluding hydrogens is 658 g/mol. The minimum atomic E-state index is -1.31. The monoisotopic (exact) mass is 703 g/mol. The second-order valence-corrected chi connectivity index (χ2v) is 13.4. The number of hydrogen-bond acceptors (Lipinski definition) is 8. The van der Waals surface area contributed by atoms with E-state index in [2.05, 4.69) is 20.4 Å². The van der Waals surface area contributed by atoms with Gasteiger partial charge in [0, 0.05) is 42.8 Å². The summed E-state index contributed by atoms with van der Waals surface area (Å²) < 4.78 is 44.2. The topological polar surface area (TPSA) is 108 Å². The van der Waals surface area contributed by atoms with Crippen molar-refractivity contribution in [2.24, 2.45) is 0 Å². The third-order valence-electron chi connectivity index (χ3n) is 10.5. The summed E-state index contributed by atoms with van der Waals surface area (Å²) in [5.74, 6) is -0.853. The van der Waals surface area contributed by atoms with Gasteiger partial charge in [-0.2, -0.15) is 5.10 Å². The standard InChI is InChI=1S/C37H45F2N8O4/c1-4-32(26(2)48)46-36(49)45(29-21-37(51-22-29,23-43-25-41-24-42-43)30-15-14-28(38)20-31(30)39)35(27-10-6-5-7-11-27)47(46,44-18-16-40-17-19-44)33-12-8-9-13-34(33)50-3/h5-15,20,24-26,29,32,35,40,48H,4,16-19,21-23H2,1-3H3/q+1/t26-,29?,32?,35?,37?,47?/m1/s1. The predicted molar refractivity (Wildman–Crippen MR) is 186 cm³/mol. The number of nitrogens with one attached hydrogen (secondary N) is 1. The van der Waals surface area contributed by atoms with E-state index in [1.54, 1.807) is 18.7 Å². The van der Waals surface area contributed by atoms with E-state index in [4.69, 9.17) is 9.47 Å². The molecule has 0 spiro atoms. The van der Waals surface area contributed by atoms with Gasteiger partial charge in [-0.3, -0.25) is 4.90 Å². The van der Waals surface area contributed by atoms with E-state index in [1.165, 1.54) is 24.8 Å². The van der Waals surface area contributed by atoms with Gasteiger partial charge in [-0.15, -0.1) is 10.0 Å². The zero-order chi connectivity index (χ0) is 35.8. The summed E-state index contributed by atoms with van der Waals surface area (Å²) in [6, 6.07) is 19.6. The Morgan fingerprint density at radius 2 is 1.84 bits per heavy atom. The Morgan fingerprint density at radius 3 is 2.51 bits per heavy atom. The van der Waals surface area contributed by atoms with E-state index in [9.17, 15) is 9.50 Å². The quantitative estimate of drug-likeness (QED) is 0.219. The maximum absolute atomic E-state index is 15.8. The van der Waals surface area contributed by atoms with Gasteiger partial charge in [0.1, 0.15) is 35.9 Å². The fourth-order valence-corrected chi connectivity index (χ4v) is 8.38. The van der Waals surface area contributed by atoms with Gasteiger partial charge in [0.25, 0.3) is 0 Å². The van der Waals surface area contributed by atoms with Crippen molar-refractivity contribution in [2.45, 2.75) is 63.2 Å². The number of methoxy groups -OCH3 is 1.